The third kappa shape index (κ3) is 3.39. The lowest BCUT2D eigenvalue weighted by Crippen LogP contribution is -2.50. The second kappa shape index (κ2) is 6.52. The minimum atomic E-state index is -0.188. The summed E-state index contributed by atoms with van der Waals surface area (Å²) in [6.45, 7) is 7.72. The molecule has 0 radical (unpaired) electrons. The minimum absolute atomic E-state index is 0.188. The maximum Gasteiger partial charge on any atom is 0.137 e. The molecule has 2 heterocycles. The van der Waals surface area contributed by atoms with Gasteiger partial charge in [-0.3, -0.25) is 9.80 Å². The van der Waals surface area contributed by atoms with Crippen molar-refractivity contribution in [2.24, 2.45) is 0 Å². The lowest BCUT2D eigenvalue weighted by molar-refractivity contribution is 0.0981. The summed E-state index contributed by atoms with van der Waals surface area (Å²) in [4.78, 5) is 5.07. The fourth-order valence-corrected chi connectivity index (χ4v) is 3.56. The van der Waals surface area contributed by atoms with Crippen LogP contribution < -0.4 is 5.32 Å². The minimum Gasteiger partial charge on any atom is -0.315 e. The van der Waals surface area contributed by atoms with E-state index < -0.39 is 0 Å². The molecule has 20 heavy (non-hydrogen) atoms. The molecule has 2 saturated heterocycles. The van der Waals surface area contributed by atoms with E-state index in [9.17, 15) is 4.39 Å². The zero-order valence-corrected chi connectivity index (χ0v) is 13.2. The van der Waals surface area contributed by atoms with Gasteiger partial charge in [-0.05, 0) is 46.6 Å². The molecular formula is C15H21BrFN3. The highest BCUT2D eigenvalue weighted by Gasteiger charge is 2.25. The summed E-state index contributed by atoms with van der Waals surface area (Å²) in [5.74, 6) is -0.188. The molecule has 1 aromatic carbocycles. The Balaban J connectivity index is 1.51. The number of hydrogen-bond donors (Lipinski definition) is 1. The number of piperazine rings is 1. The van der Waals surface area contributed by atoms with E-state index in [1.165, 1.54) is 12.0 Å². The Morgan fingerprint density at radius 3 is 2.70 bits per heavy atom. The highest BCUT2D eigenvalue weighted by Crippen LogP contribution is 2.19. The van der Waals surface area contributed by atoms with Crippen LogP contribution in [-0.2, 0) is 6.54 Å². The molecule has 110 valence electrons. The van der Waals surface area contributed by atoms with Crippen molar-refractivity contribution >= 4 is 15.9 Å². The zero-order valence-electron chi connectivity index (χ0n) is 11.6. The van der Waals surface area contributed by atoms with Crippen LogP contribution >= 0.6 is 15.9 Å². The summed E-state index contributed by atoms with van der Waals surface area (Å²) in [5, 5.41) is 3.44. The first-order valence-electron chi connectivity index (χ1n) is 7.33. The lowest BCUT2D eigenvalue weighted by Gasteiger charge is -2.37. The number of benzene rings is 1. The molecule has 0 spiro atoms. The SMILES string of the molecule is Fc1ccc(CN2CCN(C3CCNC3)CC2)cc1Br. The van der Waals surface area contributed by atoms with E-state index in [1.54, 1.807) is 6.07 Å². The first kappa shape index (κ1) is 14.4. The lowest BCUT2D eigenvalue weighted by atomic mass is 10.1. The molecule has 3 rings (SSSR count). The van der Waals surface area contributed by atoms with Gasteiger partial charge in [-0.25, -0.2) is 4.39 Å². The van der Waals surface area contributed by atoms with Crippen molar-refractivity contribution in [3.05, 3.63) is 34.1 Å². The molecule has 1 unspecified atom stereocenters. The van der Waals surface area contributed by atoms with Gasteiger partial charge in [0, 0.05) is 45.3 Å². The fraction of sp³-hybridized carbons (Fsp3) is 0.600. The van der Waals surface area contributed by atoms with E-state index >= 15 is 0 Å². The van der Waals surface area contributed by atoms with Crippen LogP contribution in [-0.4, -0.2) is 55.1 Å². The van der Waals surface area contributed by atoms with Gasteiger partial charge in [0.15, 0.2) is 0 Å². The number of rotatable bonds is 3. The van der Waals surface area contributed by atoms with E-state index in [-0.39, 0.29) is 5.82 Å². The zero-order chi connectivity index (χ0) is 13.9. The molecule has 1 atom stereocenters. The van der Waals surface area contributed by atoms with E-state index in [2.05, 4.69) is 31.0 Å². The largest absolute Gasteiger partial charge is 0.315 e. The van der Waals surface area contributed by atoms with Gasteiger partial charge in [0.1, 0.15) is 5.82 Å². The van der Waals surface area contributed by atoms with Crippen LogP contribution in [0.1, 0.15) is 12.0 Å². The van der Waals surface area contributed by atoms with Crippen molar-refractivity contribution < 1.29 is 4.39 Å². The van der Waals surface area contributed by atoms with Crippen molar-refractivity contribution in [2.75, 3.05) is 39.3 Å². The second-order valence-corrected chi connectivity index (χ2v) is 6.56. The predicted octanol–water partition coefficient (Wildman–Crippen LogP) is 2.07. The summed E-state index contributed by atoms with van der Waals surface area (Å²) in [6.07, 6.45) is 1.28. The molecule has 0 saturated carbocycles. The molecule has 1 aromatic rings. The van der Waals surface area contributed by atoms with Crippen molar-refractivity contribution in [1.29, 1.82) is 0 Å². The van der Waals surface area contributed by atoms with Gasteiger partial charge in [0.2, 0.25) is 0 Å². The summed E-state index contributed by atoms with van der Waals surface area (Å²) in [5.41, 5.74) is 1.18. The number of nitrogens with one attached hydrogen (secondary N) is 1. The molecule has 2 fully saturated rings. The fourth-order valence-electron chi connectivity index (χ4n) is 3.13. The highest BCUT2D eigenvalue weighted by atomic mass is 79.9. The first-order chi connectivity index (χ1) is 9.72. The van der Waals surface area contributed by atoms with Crippen LogP contribution in [0.2, 0.25) is 0 Å². The van der Waals surface area contributed by atoms with E-state index in [4.69, 9.17) is 0 Å². The van der Waals surface area contributed by atoms with E-state index in [1.807, 2.05) is 12.1 Å². The van der Waals surface area contributed by atoms with Crippen LogP contribution in [0.25, 0.3) is 0 Å². The highest BCUT2D eigenvalue weighted by molar-refractivity contribution is 9.10. The Kier molecular flexibility index (Phi) is 4.71. The first-order valence-corrected chi connectivity index (χ1v) is 8.13. The standard InChI is InChI=1S/C15H21BrFN3/c16-14-9-12(1-2-15(14)17)11-19-5-7-20(8-6-19)13-3-4-18-10-13/h1-2,9,13,18H,3-8,10-11H2. The molecule has 0 amide bonds. The summed E-state index contributed by atoms with van der Waals surface area (Å²) < 4.78 is 13.8. The Bertz CT molecular complexity index is 454. The van der Waals surface area contributed by atoms with Gasteiger partial charge in [-0.1, -0.05) is 6.07 Å². The molecule has 0 bridgehead atoms. The Morgan fingerprint density at radius 1 is 1.25 bits per heavy atom. The number of hydrogen-bond acceptors (Lipinski definition) is 3. The molecule has 0 aromatic heterocycles. The maximum atomic E-state index is 13.2. The van der Waals surface area contributed by atoms with Gasteiger partial charge in [0.25, 0.3) is 0 Å². The quantitative estimate of drug-likeness (QED) is 0.907. The normalized spacial score (nSPS) is 25.2. The van der Waals surface area contributed by atoms with Gasteiger partial charge < -0.3 is 5.32 Å². The molecular weight excluding hydrogens is 321 g/mol. The molecule has 2 aliphatic rings. The Hall–Kier alpha value is -0.490. The summed E-state index contributed by atoms with van der Waals surface area (Å²) in [7, 11) is 0. The van der Waals surface area contributed by atoms with E-state index in [0.29, 0.717) is 4.47 Å². The van der Waals surface area contributed by atoms with Gasteiger partial charge >= 0.3 is 0 Å². The van der Waals surface area contributed by atoms with Crippen molar-refractivity contribution in [1.82, 2.24) is 15.1 Å². The van der Waals surface area contributed by atoms with E-state index in [0.717, 1.165) is 51.9 Å². The van der Waals surface area contributed by atoms with Crippen LogP contribution in [0.15, 0.2) is 22.7 Å². The average Bonchev–Trinajstić information content (AvgIpc) is 2.98. The smallest absolute Gasteiger partial charge is 0.137 e. The monoisotopic (exact) mass is 341 g/mol. The maximum absolute atomic E-state index is 13.2. The summed E-state index contributed by atoms with van der Waals surface area (Å²) in [6, 6.07) is 6.05. The Labute approximate surface area is 128 Å². The van der Waals surface area contributed by atoms with Crippen LogP contribution in [0.5, 0.6) is 0 Å². The van der Waals surface area contributed by atoms with Crippen molar-refractivity contribution in [3.63, 3.8) is 0 Å². The Morgan fingerprint density at radius 2 is 2.05 bits per heavy atom. The van der Waals surface area contributed by atoms with Crippen molar-refractivity contribution in [2.45, 2.75) is 19.0 Å². The molecule has 1 N–H and O–H groups in total. The van der Waals surface area contributed by atoms with Crippen LogP contribution in [0.4, 0.5) is 4.39 Å². The topological polar surface area (TPSA) is 18.5 Å². The second-order valence-electron chi connectivity index (χ2n) is 5.71. The predicted molar refractivity (Wildman–Crippen MR) is 82.2 cm³/mol. The molecule has 3 nitrogen and oxygen atoms in total. The van der Waals surface area contributed by atoms with Crippen LogP contribution in [0.3, 0.4) is 0 Å². The average molecular weight is 342 g/mol. The van der Waals surface area contributed by atoms with Gasteiger partial charge in [-0.2, -0.15) is 0 Å². The number of halogens is 2. The third-order valence-corrected chi connectivity index (χ3v) is 4.96. The molecule has 0 aliphatic carbocycles. The van der Waals surface area contributed by atoms with Crippen molar-refractivity contribution in [3.8, 4) is 0 Å². The van der Waals surface area contributed by atoms with Gasteiger partial charge in [0.05, 0.1) is 4.47 Å². The molecule has 5 heteroatoms. The summed E-state index contributed by atoms with van der Waals surface area (Å²) >= 11 is 3.26. The number of nitrogens with zero attached hydrogens (tertiary/aromatic N) is 2. The van der Waals surface area contributed by atoms with Gasteiger partial charge in [-0.15, -0.1) is 0 Å². The van der Waals surface area contributed by atoms with Crippen LogP contribution in [0, 0.1) is 5.82 Å². The molecule has 2 aliphatic heterocycles. The third-order valence-electron chi connectivity index (χ3n) is 4.35.